The molecule has 0 amide bonds. The van der Waals surface area contributed by atoms with E-state index in [1.54, 1.807) is 24.3 Å². The summed E-state index contributed by atoms with van der Waals surface area (Å²) >= 11 is 0. The van der Waals surface area contributed by atoms with Gasteiger partial charge < -0.3 is 10.1 Å². The molecule has 0 aliphatic rings. The van der Waals surface area contributed by atoms with E-state index in [2.05, 4.69) is 25.2 Å². The lowest BCUT2D eigenvalue weighted by molar-refractivity contribution is -0.0506. The number of benzene rings is 1. The van der Waals surface area contributed by atoms with Crippen LogP contribution in [-0.2, 0) is 6.42 Å². The van der Waals surface area contributed by atoms with Crippen LogP contribution in [0.3, 0.4) is 0 Å². The molecule has 0 fully saturated rings. The van der Waals surface area contributed by atoms with Gasteiger partial charge in [-0.05, 0) is 26.0 Å². The molecule has 7 heteroatoms. The van der Waals surface area contributed by atoms with Gasteiger partial charge in [-0.3, -0.25) is 5.10 Å². The molecule has 21 heavy (non-hydrogen) atoms. The third-order valence-corrected chi connectivity index (χ3v) is 3.11. The van der Waals surface area contributed by atoms with Gasteiger partial charge in [0.2, 0.25) is 0 Å². The topological polar surface area (TPSA) is 62.8 Å². The van der Waals surface area contributed by atoms with E-state index >= 15 is 0 Å². The highest BCUT2D eigenvalue weighted by Gasteiger charge is 2.13. The molecule has 0 saturated heterocycles. The molecule has 1 aromatic carbocycles. The molecular weight excluding hydrogens is 278 g/mol. The molecule has 1 aromatic heterocycles. The van der Waals surface area contributed by atoms with Gasteiger partial charge >= 0.3 is 6.61 Å². The lowest BCUT2D eigenvalue weighted by Crippen LogP contribution is -2.21. The number of hydrogen-bond acceptors (Lipinski definition) is 4. The largest absolute Gasteiger partial charge is 0.434 e. The van der Waals surface area contributed by atoms with Gasteiger partial charge in [-0.1, -0.05) is 18.2 Å². The van der Waals surface area contributed by atoms with Crippen molar-refractivity contribution in [1.29, 1.82) is 0 Å². The molecule has 0 radical (unpaired) electrons. The second-order valence-corrected chi connectivity index (χ2v) is 4.63. The van der Waals surface area contributed by atoms with Crippen LogP contribution in [0.4, 0.5) is 8.78 Å². The first kappa shape index (κ1) is 15.4. The van der Waals surface area contributed by atoms with Crippen LogP contribution in [0.2, 0.25) is 0 Å². The highest BCUT2D eigenvalue weighted by atomic mass is 19.3. The first-order valence-corrected chi connectivity index (χ1v) is 6.78. The second-order valence-electron chi connectivity index (χ2n) is 4.63. The third-order valence-electron chi connectivity index (χ3n) is 3.11. The summed E-state index contributed by atoms with van der Waals surface area (Å²) in [6.45, 7) is -0.155. The lowest BCUT2D eigenvalue weighted by Gasteiger charge is -2.17. The van der Waals surface area contributed by atoms with Crippen LogP contribution in [0.1, 0.15) is 30.8 Å². The van der Waals surface area contributed by atoms with Crippen LogP contribution in [0.5, 0.6) is 5.75 Å². The SMILES string of the molecule is CC(NCCCc1ncn[nH]1)c1ccccc1OC(F)F. The van der Waals surface area contributed by atoms with Crippen LogP contribution < -0.4 is 10.1 Å². The molecule has 0 saturated carbocycles. The Labute approximate surface area is 121 Å². The standard InChI is InChI=1S/C14H18F2N4O/c1-10(17-8-4-7-13-18-9-19-20-13)11-5-2-3-6-12(11)21-14(15)16/h2-3,5-6,9-10,14,17H,4,7-8H2,1H3,(H,18,19,20). The molecule has 0 aliphatic heterocycles. The van der Waals surface area contributed by atoms with E-state index in [4.69, 9.17) is 0 Å². The van der Waals surface area contributed by atoms with E-state index in [1.807, 2.05) is 6.92 Å². The number of nitrogens with one attached hydrogen (secondary N) is 2. The molecule has 0 bridgehead atoms. The average molecular weight is 296 g/mol. The zero-order chi connectivity index (χ0) is 15.1. The van der Waals surface area contributed by atoms with Gasteiger partial charge in [0.15, 0.2) is 0 Å². The Hall–Kier alpha value is -2.02. The molecule has 114 valence electrons. The number of rotatable bonds is 8. The number of ether oxygens (including phenoxy) is 1. The number of nitrogens with zero attached hydrogens (tertiary/aromatic N) is 2. The van der Waals surface area contributed by atoms with Gasteiger partial charge in [-0.25, -0.2) is 4.98 Å². The van der Waals surface area contributed by atoms with E-state index < -0.39 is 6.61 Å². The number of aromatic nitrogens is 3. The van der Waals surface area contributed by atoms with Gasteiger partial charge in [0.25, 0.3) is 0 Å². The Kier molecular flexibility index (Phi) is 5.62. The number of halogens is 2. The number of hydrogen-bond donors (Lipinski definition) is 2. The van der Waals surface area contributed by atoms with E-state index in [1.165, 1.54) is 6.33 Å². The molecule has 2 N–H and O–H groups in total. The Morgan fingerprint density at radius 2 is 2.14 bits per heavy atom. The Balaban J connectivity index is 1.83. The molecule has 0 aliphatic carbocycles. The average Bonchev–Trinajstić information content (AvgIpc) is 2.96. The predicted molar refractivity (Wildman–Crippen MR) is 74.2 cm³/mol. The van der Waals surface area contributed by atoms with E-state index in [-0.39, 0.29) is 11.8 Å². The molecule has 2 rings (SSSR count). The van der Waals surface area contributed by atoms with Gasteiger partial charge in [0.05, 0.1) is 0 Å². The van der Waals surface area contributed by atoms with Crippen molar-refractivity contribution in [2.24, 2.45) is 0 Å². The summed E-state index contributed by atoms with van der Waals surface area (Å²) in [4.78, 5) is 4.04. The summed E-state index contributed by atoms with van der Waals surface area (Å²) in [5.74, 6) is 1.05. The second kappa shape index (κ2) is 7.68. The molecule has 1 unspecified atom stereocenters. The fourth-order valence-corrected chi connectivity index (χ4v) is 2.08. The Bertz CT molecular complexity index is 534. The molecular formula is C14H18F2N4O. The van der Waals surface area contributed by atoms with Gasteiger partial charge in [-0.2, -0.15) is 13.9 Å². The van der Waals surface area contributed by atoms with Crippen LogP contribution in [0.15, 0.2) is 30.6 Å². The maximum Gasteiger partial charge on any atom is 0.387 e. The number of aromatic amines is 1. The monoisotopic (exact) mass is 296 g/mol. The van der Waals surface area contributed by atoms with Crippen molar-refractivity contribution in [2.45, 2.75) is 32.4 Å². The summed E-state index contributed by atoms with van der Waals surface area (Å²) in [6.07, 6.45) is 3.13. The summed E-state index contributed by atoms with van der Waals surface area (Å²) in [6, 6.07) is 6.74. The Morgan fingerprint density at radius 1 is 1.33 bits per heavy atom. The fraction of sp³-hybridized carbons (Fsp3) is 0.429. The number of alkyl halides is 2. The highest BCUT2D eigenvalue weighted by Crippen LogP contribution is 2.26. The summed E-state index contributed by atoms with van der Waals surface area (Å²) in [5.41, 5.74) is 0.720. The summed E-state index contributed by atoms with van der Waals surface area (Å²) < 4.78 is 29.3. The van der Waals surface area contributed by atoms with Crippen molar-refractivity contribution in [3.05, 3.63) is 42.0 Å². The van der Waals surface area contributed by atoms with Crippen LogP contribution in [0.25, 0.3) is 0 Å². The maximum absolute atomic E-state index is 12.4. The molecule has 0 spiro atoms. The van der Waals surface area contributed by atoms with Crippen molar-refractivity contribution >= 4 is 0 Å². The highest BCUT2D eigenvalue weighted by molar-refractivity contribution is 5.35. The lowest BCUT2D eigenvalue weighted by atomic mass is 10.1. The van der Waals surface area contributed by atoms with Gasteiger partial charge in [0, 0.05) is 18.0 Å². The fourth-order valence-electron chi connectivity index (χ4n) is 2.08. The minimum Gasteiger partial charge on any atom is -0.434 e. The first-order valence-electron chi connectivity index (χ1n) is 6.78. The summed E-state index contributed by atoms with van der Waals surface area (Å²) in [7, 11) is 0. The minimum atomic E-state index is -2.81. The van der Waals surface area contributed by atoms with Crippen LogP contribution in [0, 0.1) is 0 Å². The van der Waals surface area contributed by atoms with Crippen molar-refractivity contribution in [3.8, 4) is 5.75 Å². The molecule has 1 atom stereocenters. The molecule has 2 aromatic rings. The van der Waals surface area contributed by atoms with Crippen molar-refractivity contribution in [3.63, 3.8) is 0 Å². The summed E-state index contributed by atoms with van der Waals surface area (Å²) in [5, 5.41) is 9.86. The zero-order valence-electron chi connectivity index (χ0n) is 11.7. The van der Waals surface area contributed by atoms with Gasteiger partial charge in [-0.15, -0.1) is 0 Å². The molecule has 1 heterocycles. The molecule has 5 nitrogen and oxygen atoms in total. The van der Waals surface area contributed by atoms with Crippen molar-refractivity contribution in [1.82, 2.24) is 20.5 Å². The van der Waals surface area contributed by atoms with Crippen molar-refractivity contribution in [2.75, 3.05) is 6.54 Å². The third kappa shape index (κ3) is 4.78. The Morgan fingerprint density at radius 3 is 2.86 bits per heavy atom. The van der Waals surface area contributed by atoms with E-state index in [0.29, 0.717) is 0 Å². The van der Waals surface area contributed by atoms with Crippen LogP contribution in [-0.4, -0.2) is 28.3 Å². The maximum atomic E-state index is 12.4. The first-order chi connectivity index (χ1) is 10.2. The zero-order valence-corrected chi connectivity index (χ0v) is 11.7. The van der Waals surface area contributed by atoms with Gasteiger partial charge in [0.1, 0.15) is 17.9 Å². The predicted octanol–water partition coefficient (Wildman–Crippen LogP) is 2.69. The number of H-pyrrole nitrogens is 1. The normalized spacial score (nSPS) is 12.6. The number of aryl methyl sites for hydroxylation is 1. The van der Waals surface area contributed by atoms with Crippen LogP contribution >= 0.6 is 0 Å². The van der Waals surface area contributed by atoms with E-state index in [0.717, 1.165) is 30.8 Å². The number of para-hydroxylation sites is 1. The quantitative estimate of drug-likeness (QED) is 0.735. The minimum absolute atomic E-state index is 0.0744. The smallest absolute Gasteiger partial charge is 0.387 e. The van der Waals surface area contributed by atoms with E-state index in [9.17, 15) is 8.78 Å². The van der Waals surface area contributed by atoms with Crippen molar-refractivity contribution < 1.29 is 13.5 Å².